The molecule has 0 atom stereocenters. The standard InChI is InChI=1S/C16H12O4/c1-9-3-5-11(6-4-9)12-8-19-13-7-10(2)20-16(18)14(13)15(12)17/h3-8H,1-2H3. The number of benzene rings is 1. The van der Waals surface area contributed by atoms with Gasteiger partial charge < -0.3 is 8.83 Å². The third kappa shape index (κ3) is 1.95. The molecule has 3 aromatic rings. The van der Waals surface area contributed by atoms with E-state index in [4.69, 9.17) is 8.83 Å². The summed E-state index contributed by atoms with van der Waals surface area (Å²) in [7, 11) is 0. The highest BCUT2D eigenvalue weighted by Crippen LogP contribution is 2.19. The Kier molecular flexibility index (Phi) is 2.79. The number of rotatable bonds is 1. The van der Waals surface area contributed by atoms with Crippen LogP contribution in [-0.4, -0.2) is 0 Å². The Morgan fingerprint density at radius 1 is 1.00 bits per heavy atom. The molecule has 100 valence electrons. The van der Waals surface area contributed by atoms with Gasteiger partial charge in [0.05, 0.1) is 5.56 Å². The number of aryl methyl sites for hydroxylation is 2. The first-order valence-corrected chi connectivity index (χ1v) is 6.19. The first-order valence-electron chi connectivity index (χ1n) is 6.19. The van der Waals surface area contributed by atoms with Crippen LogP contribution in [0, 0.1) is 13.8 Å². The van der Waals surface area contributed by atoms with E-state index in [0.717, 1.165) is 5.56 Å². The molecule has 4 heteroatoms. The molecule has 0 N–H and O–H groups in total. The molecule has 0 spiro atoms. The quantitative estimate of drug-likeness (QED) is 0.680. The van der Waals surface area contributed by atoms with Crippen molar-refractivity contribution in [2.75, 3.05) is 0 Å². The fourth-order valence-electron chi connectivity index (χ4n) is 2.12. The molecule has 4 nitrogen and oxygen atoms in total. The molecule has 1 aromatic carbocycles. The zero-order valence-electron chi connectivity index (χ0n) is 11.1. The van der Waals surface area contributed by atoms with Crippen molar-refractivity contribution >= 4 is 11.0 Å². The second-order valence-electron chi connectivity index (χ2n) is 4.73. The first-order chi connectivity index (χ1) is 9.56. The second-order valence-corrected chi connectivity index (χ2v) is 4.73. The van der Waals surface area contributed by atoms with Gasteiger partial charge in [0.25, 0.3) is 0 Å². The molecule has 0 saturated heterocycles. The lowest BCUT2D eigenvalue weighted by Crippen LogP contribution is -2.14. The maximum atomic E-state index is 12.4. The van der Waals surface area contributed by atoms with Crippen molar-refractivity contribution in [2.24, 2.45) is 0 Å². The van der Waals surface area contributed by atoms with Crippen molar-refractivity contribution < 1.29 is 8.83 Å². The van der Waals surface area contributed by atoms with Crippen molar-refractivity contribution in [1.29, 1.82) is 0 Å². The molecule has 0 amide bonds. The van der Waals surface area contributed by atoms with Gasteiger partial charge in [-0.3, -0.25) is 4.79 Å². The van der Waals surface area contributed by atoms with Gasteiger partial charge in [-0.15, -0.1) is 0 Å². The molecule has 0 fully saturated rings. The molecule has 0 radical (unpaired) electrons. The van der Waals surface area contributed by atoms with Crippen LogP contribution in [0.3, 0.4) is 0 Å². The van der Waals surface area contributed by atoms with Crippen molar-refractivity contribution in [2.45, 2.75) is 13.8 Å². The zero-order chi connectivity index (χ0) is 14.3. The van der Waals surface area contributed by atoms with E-state index in [9.17, 15) is 9.59 Å². The molecule has 0 unspecified atom stereocenters. The molecule has 2 aromatic heterocycles. The second kappa shape index (κ2) is 4.49. The fourth-order valence-corrected chi connectivity index (χ4v) is 2.12. The molecule has 0 aliphatic rings. The smallest absolute Gasteiger partial charge is 0.351 e. The Morgan fingerprint density at radius 2 is 1.70 bits per heavy atom. The summed E-state index contributed by atoms with van der Waals surface area (Å²) < 4.78 is 10.4. The third-order valence-corrected chi connectivity index (χ3v) is 3.18. The van der Waals surface area contributed by atoms with E-state index in [1.54, 1.807) is 6.92 Å². The maximum absolute atomic E-state index is 12.4. The average molecular weight is 268 g/mol. The molecule has 2 heterocycles. The topological polar surface area (TPSA) is 60.4 Å². The predicted molar refractivity (Wildman–Crippen MR) is 75.9 cm³/mol. The van der Waals surface area contributed by atoms with Crippen molar-refractivity contribution in [1.82, 2.24) is 0 Å². The summed E-state index contributed by atoms with van der Waals surface area (Å²) in [4.78, 5) is 24.3. The van der Waals surface area contributed by atoms with E-state index in [2.05, 4.69) is 0 Å². The minimum absolute atomic E-state index is 0.0475. The monoisotopic (exact) mass is 268 g/mol. The van der Waals surface area contributed by atoms with E-state index in [0.29, 0.717) is 16.9 Å². The lowest BCUT2D eigenvalue weighted by molar-refractivity contribution is 0.481. The highest BCUT2D eigenvalue weighted by molar-refractivity contribution is 5.80. The fraction of sp³-hybridized carbons (Fsp3) is 0.125. The van der Waals surface area contributed by atoms with E-state index in [1.165, 1.54) is 12.3 Å². The van der Waals surface area contributed by atoms with Crippen LogP contribution < -0.4 is 11.1 Å². The van der Waals surface area contributed by atoms with Gasteiger partial charge in [-0.2, -0.15) is 0 Å². The number of hydrogen-bond donors (Lipinski definition) is 0. The maximum Gasteiger partial charge on any atom is 0.351 e. The minimum Gasteiger partial charge on any atom is -0.463 e. The molecule has 0 bridgehead atoms. The predicted octanol–water partition coefficient (Wildman–Crippen LogP) is 3.03. The Hall–Kier alpha value is -2.62. The van der Waals surface area contributed by atoms with Crippen molar-refractivity contribution in [3.8, 4) is 11.1 Å². The number of fused-ring (bicyclic) bond motifs is 1. The number of hydrogen-bond acceptors (Lipinski definition) is 4. The summed E-state index contributed by atoms with van der Waals surface area (Å²) in [5.41, 5.74) is 1.38. The molecule has 0 saturated carbocycles. The van der Waals surface area contributed by atoms with Crippen LogP contribution >= 0.6 is 0 Å². The normalized spacial score (nSPS) is 10.9. The first kappa shape index (κ1) is 12.4. The Bertz CT molecular complexity index is 898. The van der Waals surface area contributed by atoms with Crippen LogP contribution in [0.5, 0.6) is 0 Å². The van der Waals surface area contributed by atoms with E-state index in [1.807, 2.05) is 31.2 Å². The van der Waals surface area contributed by atoms with Gasteiger partial charge in [0.1, 0.15) is 17.6 Å². The molecular weight excluding hydrogens is 256 g/mol. The van der Waals surface area contributed by atoms with Crippen LogP contribution in [0.4, 0.5) is 0 Å². The third-order valence-electron chi connectivity index (χ3n) is 3.18. The van der Waals surface area contributed by atoms with Gasteiger partial charge in [0.2, 0.25) is 5.43 Å². The molecule has 0 aliphatic carbocycles. The summed E-state index contributed by atoms with van der Waals surface area (Å²) in [6, 6.07) is 8.98. The van der Waals surface area contributed by atoms with Crippen LogP contribution in [0.2, 0.25) is 0 Å². The molecule has 3 rings (SSSR count). The minimum atomic E-state index is -0.664. The van der Waals surface area contributed by atoms with Crippen LogP contribution in [0.15, 0.2) is 55.0 Å². The lowest BCUT2D eigenvalue weighted by atomic mass is 10.0. The SMILES string of the molecule is Cc1ccc(-c2coc3cc(C)oc(=O)c3c2=O)cc1. The van der Waals surface area contributed by atoms with Crippen LogP contribution in [0.25, 0.3) is 22.1 Å². The van der Waals surface area contributed by atoms with E-state index in [-0.39, 0.29) is 16.4 Å². The van der Waals surface area contributed by atoms with E-state index >= 15 is 0 Å². The Morgan fingerprint density at radius 3 is 2.40 bits per heavy atom. The van der Waals surface area contributed by atoms with Gasteiger partial charge in [0, 0.05) is 6.07 Å². The highest BCUT2D eigenvalue weighted by atomic mass is 16.4. The van der Waals surface area contributed by atoms with Crippen molar-refractivity contribution in [3.05, 3.63) is 68.6 Å². The van der Waals surface area contributed by atoms with Gasteiger partial charge in [-0.1, -0.05) is 29.8 Å². The summed E-state index contributed by atoms with van der Waals surface area (Å²) in [5, 5.41) is -0.0475. The van der Waals surface area contributed by atoms with E-state index < -0.39 is 5.63 Å². The zero-order valence-corrected chi connectivity index (χ0v) is 11.1. The molecule has 20 heavy (non-hydrogen) atoms. The van der Waals surface area contributed by atoms with Gasteiger partial charge in [-0.05, 0) is 19.4 Å². The molecule has 0 aliphatic heterocycles. The van der Waals surface area contributed by atoms with Crippen LogP contribution in [0.1, 0.15) is 11.3 Å². The average Bonchev–Trinajstić information content (AvgIpc) is 2.39. The summed E-state index contributed by atoms with van der Waals surface area (Å²) in [6.07, 6.45) is 1.38. The van der Waals surface area contributed by atoms with Gasteiger partial charge in [-0.25, -0.2) is 4.79 Å². The van der Waals surface area contributed by atoms with Crippen LogP contribution in [-0.2, 0) is 0 Å². The van der Waals surface area contributed by atoms with Gasteiger partial charge in [0.15, 0.2) is 5.39 Å². The summed E-state index contributed by atoms with van der Waals surface area (Å²) >= 11 is 0. The highest BCUT2D eigenvalue weighted by Gasteiger charge is 2.13. The van der Waals surface area contributed by atoms with Crippen molar-refractivity contribution in [3.63, 3.8) is 0 Å². The molecular formula is C16H12O4. The largest absolute Gasteiger partial charge is 0.463 e. The summed E-state index contributed by atoms with van der Waals surface area (Å²) in [5.74, 6) is 0.411. The Balaban J connectivity index is 2.34. The van der Waals surface area contributed by atoms with Gasteiger partial charge >= 0.3 is 5.63 Å². The summed E-state index contributed by atoms with van der Waals surface area (Å²) in [6.45, 7) is 3.60. The lowest BCUT2D eigenvalue weighted by Gasteiger charge is -2.03. The Labute approximate surface area is 114 Å².